The van der Waals surface area contributed by atoms with Gasteiger partial charge in [-0.3, -0.25) is 0 Å². The van der Waals surface area contributed by atoms with Gasteiger partial charge in [0.25, 0.3) is 0 Å². The number of rotatable bonds is 1. The third-order valence-corrected chi connectivity index (χ3v) is 5.25. The highest BCUT2D eigenvalue weighted by Crippen LogP contribution is 2.50. The van der Waals surface area contributed by atoms with Gasteiger partial charge < -0.3 is 4.90 Å². The number of hydrogen-bond donors (Lipinski definition) is 0. The summed E-state index contributed by atoms with van der Waals surface area (Å²) < 4.78 is 0. The van der Waals surface area contributed by atoms with E-state index in [2.05, 4.69) is 4.90 Å². The molecule has 0 aromatic heterocycles. The zero-order valence-electron chi connectivity index (χ0n) is 9.30. The van der Waals surface area contributed by atoms with Crippen LogP contribution in [-0.4, -0.2) is 24.5 Å². The van der Waals surface area contributed by atoms with Gasteiger partial charge in [-0.25, -0.2) is 0 Å². The summed E-state index contributed by atoms with van der Waals surface area (Å²) in [7, 11) is 0. The molecule has 0 aromatic rings. The Labute approximate surface area is 87.9 Å². The first-order chi connectivity index (χ1) is 6.89. The molecule has 1 heteroatoms. The molecular weight excluding hydrogens is 170 g/mol. The van der Waals surface area contributed by atoms with Gasteiger partial charge in [0, 0.05) is 0 Å². The van der Waals surface area contributed by atoms with Crippen molar-refractivity contribution in [1.29, 1.82) is 0 Å². The Bertz CT molecular complexity index is 184. The molecule has 1 saturated carbocycles. The van der Waals surface area contributed by atoms with Gasteiger partial charge in [0.05, 0.1) is 0 Å². The van der Waals surface area contributed by atoms with Crippen LogP contribution in [0.25, 0.3) is 0 Å². The van der Waals surface area contributed by atoms with E-state index in [4.69, 9.17) is 0 Å². The van der Waals surface area contributed by atoms with Crippen molar-refractivity contribution in [2.75, 3.05) is 19.6 Å². The van der Waals surface area contributed by atoms with E-state index in [1.807, 2.05) is 0 Å². The smallest absolute Gasteiger partial charge is 0.00133 e. The molecule has 0 atom stereocenters. The largest absolute Gasteiger partial charge is 0.303 e. The highest BCUT2D eigenvalue weighted by atomic mass is 15.1. The minimum Gasteiger partial charge on any atom is -0.303 e. The molecule has 4 fully saturated rings. The molecule has 2 bridgehead atoms. The zero-order valence-corrected chi connectivity index (χ0v) is 9.30. The normalized spacial score (nSPS) is 44.1. The Morgan fingerprint density at radius 2 is 1.36 bits per heavy atom. The topological polar surface area (TPSA) is 3.24 Å². The highest BCUT2D eigenvalue weighted by molar-refractivity contribution is 4.96. The van der Waals surface area contributed by atoms with Crippen molar-refractivity contribution in [3.8, 4) is 0 Å². The van der Waals surface area contributed by atoms with Crippen LogP contribution in [0.1, 0.15) is 51.4 Å². The molecule has 0 N–H and O–H groups in total. The van der Waals surface area contributed by atoms with Crippen LogP contribution in [0.2, 0.25) is 0 Å². The molecule has 4 rings (SSSR count). The Balaban J connectivity index is 1.73. The van der Waals surface area contributed by atoms with Gasteiger partial charge >= 0.3 is 0 Å². The minimum absolute atomic E-state index is 0.815. The lowest BCUT2D eigenvalue weighted by Gasteiger charge is -2.53. The summed E-state index contributed by atoms with van der Waals surface area (Å²) in [4.78, 5) is 2.67. The predicted octanol–water partition coefficient (Wildman–Crippen LogP) is 3.05. The molecule has 1 aliphatic carbocycles. The third kappa shape index (κ3) is 1.41. The predicted molar refractivity (Wildman–Crippen MR) is 59.3 cm³/mol. The van der Waals surface area contributed by atoms with Gasteiger partial charge in [-0.05, 0) is 63.1 Å². The number of fused-ring (bicyclic) bond motifs is 3. The summed E-state index contributed by atoms with van der Waals surface area (Å²) in [6, 6.07) is 0. The van der Waals surface area contributed by atoms with E-state index >= 15 is 0 Å². The van der Waals surface area contributed by atoms with Crippen LogP contribution in [0.15, 0.2) is 0 Å². The zero-order chi connectivity index (χ0) is 9.43. The summed E-state index contributed by atoms with van der Waals surface area (Å²) in [6.45, 7) is 4.24. The summed E-state index contributed by atoms with van der Waals surface area (Å²) in [5, 5.41) is 0. The SMILES string of the molecule is C1CCC(C23CCN(CC2)CC3)CC1. The summed E-state index contributed by atoms with van der Waals surface area (Å²) >= 11 is 0. The van der Waals surface area contributed by atoms with E-state index in [1.54, 1.807) is 12.8 Å². The number of nitrogens with zero attached hydrogens (tertiary/aromatic N) is 1. The van der Waals surface area contributed by atoms with Crippen molar-refractivity contribution in [3.05, 3.63) is 0 Å². The van der Waals surface area contributed by atoms with E-state index in [0.717, 1.165) is 11.3 Å². The average Bonchev–Trinajstić information content (AvgIpc) is 2.33. The van der Waals surface area contributed by atoms with E-state index in [-0.39, 0.29) is 0 Å². The molecule has 14 heavy (non-hydrogen) atoms. The summed E-state index contributed by atoms with van der Waals surface area (Å²) in [6.07, 6.45) is 12.2. The van der Waals surface area contributed by atoms with Gasteiger partial charge in [0.1, 0.15) is 0 Å². The van der Waals surface area contributed by atoms with Crippen LogP contribution in [-0.2, 0) is 0 Å². The van der Waals surface area contributed by atoms with Crippen molar-refractivity contribution >= 4 is 0 Å². The number of piperidine rings is 3. The molecule has 0 unspecified atom stereocenters. The van der Waals surface area contributed by atoms with Crippen LogP contribution < -0.4 is 0 Å². The molecule has 1 nitrogen and oxygen atoms in total. The maximum Gasteiger partial charge on any atom is -0.00133 e. The van der Waals surface area contributed by atoms with Crippen molar-refractivity contribution in [3.63, 3.8) is 0 Å². The summed E-state index contributed by atoms with van der Waals surface area (Å²) in [5.41, 5.74) is 0.815. The van der Waals surface area contributed by atoms with Crippen molar-refractivity contribution in [2.24, 2.45) is 11.3 Å². The molecule has 3 saturated heterocycles. The molecule has 0 aromatic carbocycles. The van der Waals surface area contributed by atoms with Crippen LogP contribution >= 0.6 is 0 Å². The second-order valence-electron chi connectivity index (χ2n) is 5.79. The Hall–Kier alpha value is -0.0400. The Kier molecular flexibility index (Phi) is 2.31. The fraction of sp³-hybridized carbons (Fsp3) is 1.00. The molecule has 3 aliphatic heterocycles. The first-order valence-corrected chi connectivity index (χ1v) is 6.61. The lowest BCUT2D eigenvalue weighted by Crippen LogP contribution is -2.51. The maximum absolute atomic E-state index is 2.67. The highest BCUT2D eigenvalue weighted by Gasteiger charge is 2.44. The van der Waals surface area contributed by atoms with Crippen LogP contribution in [0.5, 0.6) is 0 Å². The average molecular weight is 193 g/mol. The molecule has 0 radical (unpaired) electrons. The van der Waals surface area contributed by atoms with Crippen LogP contribution in [0.3, 0.4) is 0 Å². The molecule has 3 heterocycles. The lowest BCUT2D eigenvalue weighted by molar-refractivity contribution is -0.0313. The van der Waals surface area contributed by atoms with E-state index in [1.165, 1.54) is 58.2 Å². The molecular formula is C13H23N. The summed E-state index contributed by atoms with van der Waals surface area (Å²) in [5.74, 6) is 1.11. The minimum atomic E-state index is 0.815. The van der Waals surface area contributed by atoms with Gasteiger partial charge in [-0.2, -0.15) is 0 Å². The monoisotopic (exact) mass is 193 g/mol. The van der Waals surface area contributed by atoms with E-state index in [9.17, 15) is 0 Å². The second kappa shape index (κ2) is 3.52. The lowest BCUT2D eigenvalue weighted by atomic mass is 9.60. The van der Waals surface area contributed by atoms with Crippen LogP contribution in [0, 0.1) is 11.3 Å². The molecule has 80 valence electrons. The van der Waals surface area contributed by atoms with E-state index < -0.39 is 0 Å². The standard InChI is InChI=1S/C13H23N/c1-2-4-12(5-3-1)13-6-9-14(10-7-13)11-8-13/h12H,1-11H2. The van der Waals surface area contributed by atoms with Gasteiger partial charge in [0.15, 0.2) is 0 Å². The fourth-order valence-corrected chi connectivity index (χ4v) is 4.18. The molecule has 0 amide bonds. The Morgan fingerprint density at radius 1 is 0.786 bits per heavy atom. The van der Waals surface area contributed by atoms with Crippen LogP contribution in [0.4, 0.5) is 0 Å². The van der Waals surface area contributed by atoms with Crippen molar-refractivity contribution in [1.82, 2.24) is 4.90 Å². The first kappa shape index (κ1) is 9.21. The van der Waals surface area contributed by atoms with Gasteiger partial charge in [-0.1, -0.05) is 19.3 Å². The van der Waals surface area contributed by atoms with Crippen molar-refractivity contribution in [2.45, 2.75) is 51.4 Å². The number of hydrogen-bond acceptors (Lipinski definition) is 1. The van der Waals surface area contributed by atoms with Gasteiger partial charge in [0.2, 0.25) is 0 Å². The Morgan fingerprint density at radius 3 is 1.93 bits per heavy atom. The third-order valence-electron chi connectivity index (χ3n) is 5.25. The quantitative estimate of drug-likeness (QED) is 0.618. The van der Waals surface area contributed by atoms with Gasteiger partial charge in [-0.15, -0.1) is 0 Å². The first-order valence-electron chi connectivity index (χ1n) is 6.61. The molecule has 0 spiro atoms. The molecule has 4 aliphatic rings. The maximum atomic E-state index is 2.67. The second-order valence-corrected chi connectivity index (χ2v) is 5.79. The van der Waals surface area contributed by atoms with E-state index in [0.29, 0.717) is 0 Å². The van der Waals surface area contributed by atoms with Crippen molar-refractivity contribution < 1.29 is 0 Å². The fourth-order valence-electron chi connectivity index (χ4n) is 4.18.